The van der Waals surface area contributed by atoms with Gasteiger partial charge in [-0.15, -0.1) is 0 Å². The number of aromatic nitrogens is 2. The first-order valence-electron chi connectivity index (χ1n) is 11.6. The number of amides is 1. The molecule has 0 spiro atoms. The monoisotopic (exact) mass is 416 g/mol. The van der Waals surface area contributed by atoms with Gasteiger partial charge in [-0.3, -0.25) is 15.1 Å². The summed E-state index contributed by atoms with van der Waals surface area (Å²) >= 11 is 0. The zero-order valence-electron chi connectivity index (χ0n) is 18.5. The summed E-state index contributed by atoms with van der Waals surface area (Å²) in [6, 6.07) is 10.7. The van der Waals surface area contributed by atoms with E-state index in [1.54, 1.807) is 0 Å². The van der Waals surface area contributed by atoms with Crippen molar-refractivity contribution in [1.29, 1.82) is 0 Å². The molecule has 2 unspecified atom stereocenters. The van der Waals surface area contributed by atoms with Crippen LogP contribution in [0, 0.1) is 11.8 Å². The van der Waals surface area contributed by atoms with Crippen LogP contribution in [0.1, 0.15) is 55.8 Å². The topological polar surface area (TPSA) is 59.0 Å². The maximum atomic E-state index is 13.1. The van der Waals surface area contributed by atoms with Gasteiger partial charge < -0.3 is 9.88 Å². The molecule has 162 valence electrons. The molecule has 1 aliphatic heterocycles. The van der Waals surface area contributed by atoms with Crippen molar-refractivity contribution in [3.05, 3.63) is 65.6 Å². The lowest BCUT2D eigenvalue weighted by Crippen LogP contribution is -2.46. The standard InChI is InChI=1S/C26H32N4O/c1-17(2)11-22-21-6-3-7-24-25(21)20(16-30(24)15-19-5-4-10-27-13-19)12-23(29-22)26(31)28-14-18-8-9-18/h3-7,10,13,16-18,22-23,29H,8-9,11-12,14-15H2,1-2H3,(H,28,31). The molecular weight excluding hydrogens is 384 g/mol. The zero-order chi connectivity index (χ0) is 21.4. The molecule has 1 saturated carbocycles. The van der Waals surface area contributed by atoms with Gasteiger partial charge in [0.25, 0.3) is 0 Å². The van der Waals surface area contributed by atoms with Crippen LogP contribution in [-0.4, -0.2) is 28.0 Å². The molecule has 1 aliphatic carbocycles. The fraction of sp³-hybridized carbons (Fsp3) is 0.462. The Kier molecular flexibility index (Phi) is 5.53. The largest absolute Gasteiger partial charge is 0.354 e. The van der Waals surface area contributed by atoms with Gasteiger partial charge in [-0.2, -0.15) is 0 Å². The van der Waals surface area contributed by atoms with Gasteiger partial charge in [-0.25, -0.2) is 0 Å². The van der Waals surface area contributed by atoms with Gasteiger partial charge in [0.05, 0.1) is 6.04 Å². The first-order chi connectivity index (χ1) is 15.1. The van der Waals surface area contributed by atoms with Crippen LogP contribution in [0.3, 0.4) is 0 Å². The number of benzene rings is 1. The lowest BCUT2D eigenvalue weighted by molar-refractivity contribution is -0.123. The maximum Gasteiger partial charge on any atom is 0.237 e. The normalized spacial score (nSPS) is 20.7. The summed E-state index contributed by atoms with van der Waals surface area (Å²) in [5.41, 5.74) is 5.01. The summed E-state index contributed by atoms with van der Waals surface area (Å²) in [5, 5.41) is 8.25. The van der Waals surface area contributed by atoms with Crippen molar-refractivity contribution in [3.63, 3.8) is 0 Å². The predicted molar refractivity (Wildman–Crippen MR) is 124 cm³/mol. The van der Waals surface area contributed by atoms with Gasteiger partial charge in [0.2, 0.25) is 5.91 Å². The van der Waals surface area contributed by atoms with Crippen molar-refractivity contribution in [2.24, 2.45) is 11.8 Å². The van der Waals surface area contributed by atoms with Gasteiger partial charge in [0.1, 0.15) is 0 Å². The highest BCUT2D eigenvalue weighted by Gasteiger charge is 2.31. The highest BCUT2D eigenvalue weighted by molar-refractivity contribution is 5.90. The van der Waals surface area contributed by atoms with Gasteiger partial charge in [-0.1, -0.05) is 32.0 Å². The van der Waals surface area contributed by atoms with E-state index in [0.29, 0.717) is 11.8 Å². The smallest absolute Gasteiger partial charge is 0.237 e. The Morgan fingerprint density at radius 3 is 2.87 bits per heavy atom. The molecule has 3 aromatic rings. The molecular formula is C26H32N4O. The summed E-state index contributed by atoms with van der Waals surface area (Å²) in [6.45, 7) is 6.11. The van der Waals surface area contributed by atoms with Crippen LogP contribution in [0.15, 0.2) is 48.9 Å². The lowest BCUT2D eigenvalue weighted by Gasteiger charge is -2.25. The van der Waals surface area contributed by atoms with Crippen molar-refractivity contribution >= 4 is 16.8 Å². The molecule has 1 amide bonds. The second-order valence-electron chi connectivity index (χ2n) is 9.68. The first-order valence-corrected chi connectivity index (χ1v) is 11.6. The number of hydrogen-bond acceptors (Lipinski definition) is 3. The summed E-state index contributed by atoms with van der Waals surface area (Å²) in [5.74, 6) is 1.37. The highest BCUT2D eigenvalue weighted by atomic mass is 16.2. The molecule has 1 aromatic carbocycles. The van der Waals surface area contributed by atoms with Crippen molar-refractivity contribution in [2.45, 2.75) is 58.2 Å². The van der Waals surface area contributed by atoms with E-state index in [1.807, 2.05) is 18.5 Å². The molecule has 5 heteroatoms. The Hall–Kier alpha value is -2.66. The third-order valence-corrected chi connectivity index (χ3v) is 6.58. The Morgan fingerprint density at radius 2 is 2.13 bits per heavy atom. The van der Waals surface area contributed by atoms with E-state index < -0.39 is 0 Å². The molecule has 2 N–H and O–H groups in total. The predicted octanol–water partition coefficient (Wildman–Crippen LogP) is 4.21. The zero-order valence-corrected chi connectivity index (χ0v) is 18.5. The molecule has 0 bridgehead atoms. The van der Waals surface area contributed by atoms with Crippen molar-refractivity contribution < 1.29 is 4.79 Å². The van der Waals surface area contributed by atoms with E-state index >= 15 is 0 Å². The third-order valence-electron chi connectivity index (χ3n) is 6.58. The molecule has 5 nitrogen and oxygen atoms in total. The van der Waals surface area contributed by atoms with Crippen LogP contribution in [0.5, 0.6) is 0 Å². The third kappa shape index (κ3) is 4.38. The number of carbonyl (C=O) groups excluding carboxylic acids is 1. The molecule has 3 heterocycles. The number of nitrogens with zero attached hydrogens (tertiary/aromatic N) is 2. The average Bonchev–Trinajstić information content (AvgIpc) is 3.55. The molecule has 1 fully saturated rings. The van der Waals surface area contributed by atoms with E-state index in [4.69, 9.17) is 0 Å². The number of carbonyl (C=O) groups is 1. The summed E-state index contributed by atoms with van der Waals surface area (Å²) in [6.07, 6.45) is 10.2. The van der Waals surface area contributed by atoms with E-state index in [2.05, 4.69) is 64.5 Å². The van der Waals surface area contributed by atoms with E-state index in [9.17, 15) is 4.79 Å². The Balaban J connectivity index is 1.52. The van der Waals surface area contributed by atoms with Gasteiger partial charge in [0, 0.05) is 48.6 Å². The number of pyridine rings is 1. The molecule has 2 aliphatic rings. The Labute approximate surface area is 184 Å². The second-order valence-corrected chi connectivity index (χ2v) is 9.68. The summed E-state index contributed by atoms with van der Waals surface area (Å²) in [4.78, 5) is 17.4. The minimum atomic E-state index is -0.202. The quantitative estimate of drug-likeness (QED) is 0.607. The van der Waals surface area contributed by atoms with Crippen LogP contribution < -0.4 is 10.6 Å². The van der Waals surface area contributed by atoms with Crippen molar-refractivity contribution in [1.82, 2.24) is 20.2 Å². The van der Waals surface area contributed by atoms with Crippen LogP contribution in [0.2, 0.25) is 0 Å². The summed E-state index contributed by atoms with van der Waals surface area (Å²) < 4.78 is 2.32. The average molecular weight is 417 g/mol. The fourth-order valence-corrected chi connectivity index (χ4v) is 4.87. The molecule has 31 heavy (non-hydrogen) atoms. The molecule has 0 saturated heterocycles. The number of hydrogen-bond donors (Lipinski definition) is 2. The van der Waals surface area contributed by atoms with E-state index in [1.165, 1.54) is 40.4 Å². The van der Waals surface area contributed by atoms with Crippen LogP contribution >= 0.6 is 0 Å². The number of rotatable bonds is 7. The molecule has 2 aromatic heterocycles. The van der Waals surface area contributed by atoms with Gasteiger partial charge in [-0.05, 0) is 66.3 Å². The van der Waals surface area contributed by atoms with Gasteiger partial charge in [0.15, 0.2) is 0 Å². The van der Waals surface area contributed by atoms with E-state index in [0.717, 1.165) is 25.9 Å². The van der Waals surface area contributed by atoms with Crippen molar-refractivity contribution in [3.8, 4) is 0 Å². The number of nitrogens with one attached hydrogen (secondary N) is 2. The summed E-state index contributed by atoms with van der Waals surface area (Å²) in [7, 11) is 0. The minimum absolute atomic E-state index is 0.140. The highest BCUT2D eigenvalue weighted by Crippen LogP contribution is 2.36. The second kappa shape index (κ2) is 8.46. The molecule has 2 atom stereocenters. The van der Waals surface area contributed by atoms with Crippen LogP contribution in [-0.2, 0) is 17.8 Å². The molecule has 5 rings (SSSR count). The Morgan fingerprint density at radius 1 is 1.26 bits per heavy atom. The van der Waals surface area contributed by atoms with Gasteiger partial charge >= 0.3 is 0 Å². The minimum Gasteiger partial charge on any atom is -0.354 e. The van der Waals surface area contributed by atoms with Crippen LogP contribution in [0.25, 0.3) is 10.9 Å². The SMILES string of the molecule is CC(C)CC1NC(C(=O)NCC2CC2)Cc2cn(Cc3cccnc3)c3cccc1c23. The lowest BCUT2D eigenvalue weighted by atomic mass is 9.94. The van der Waals surface area contributed by atoms with E-state index in [-0.39, 0.29) is 18.0 Å². The van der Waals surface area contributed by atoms with Crippen molar-refractivity contribution in [2.75, 3.05) is 6.54 Å². The first kappa shape index (κ1) is 20.3. The maximum absolute atomic E-state index is 13.1. The fourth-order valence-electron chi connectivity index (χ4n) is 4.87. The Bertz CT molecular complexity index is 1070. The molecule has 0 radical (unpaired) electrons. The van der Waals surface area contributed by atoms with Crippen LogP contribution in [0.4, 0.5) is 0 Å².